The van der Waals surface area contributed by atoms with E-state index in [4.69, 9.17) is 4.74 Å². The van der Waals surface area contributed by atoms with Gasteiger partial charge < -0.3 is 4.74 Å². The fraction of sp³-hybridized carbons (Fsp3) is 0.750. The molecule has 2 fully saturated rings. The van der Waals surface area contributed by atoms with Gasteiger partial charge in [-0.25, -0.2) is 0 Å². The standard InChI is InChI=1S/C12H17NO4/c1-2-17-11(16)5-8-12-6-3-9(14)13(12)10(15)4-7-12/h2-8H2,1H3. The molecular formula is C12H17NO4. The van der Waals surface area contributed by atoms with Crippen LogP contribution >= 0.6 is 0 Å². The number of ether oxygens (including phenoxy) is 1. The van der Waals surface area contributed by atoms with Crippen LogP contribution < -0.4 is 0 Å². The van der Waals surface area contributed by atoms with Crippen molar-refractivity contribution in [3.63, 3.8) is 0 Å². The number of imide groups is 1. The maximum absolute atomic E-state index is 11.6. The van der Waals surface area contributed by atoms with Crippen LogP contribution in [-0.2, 0) is 19.1 Å². The number of carbonyl (C=O) groups excluding carboxylic acids is 3. The molecule has 5 nitrogen and oxygen atoms in total. The molecule has 2 rings (SSSR count). The van der Waals surface area contributed by atoms with E-state index >= 15 is 0 Å². The van der Waals surface area contributed by atoms with Crippen LogP contribution in [0.3, 0.4) is 0 Å². The SMILES string of the molecule is CCOC(=O)CCC12CCC(=O)N1C(=O)CC2. The molecule has 2 amide bonds. The molecule has 94 valence electrons. The van der Waals surface area contributed by atoms with E-state index in [1.54, 1.807) is 6.92 Å². The van der Waals surface area contributed by atoms with Gasteiger partial charge in [-0.05, 0) is 26.2 Å². The van der Waals surface area contributed by atoms with Gasteiger partial charge >= 0.3 is 5.97 Å². The topological polar surface area (TPSA) is 63.7 Å². The third kappa shape index (κ3) is 2.06. The molecule has 0 aromatic rings. The number of carbonyl (C=O) groups is 3. The zero-order valence-corrected chi connectivity index (χ0v) is 10.0. The molecule has 5 heteroatoms. The monoisotopic (exact) mass is 239 g/mol. The molecule has 2 saturated heterocycles. The summed E-state index contributed by atoms with van der Waals surface area (Å²) >= 11 is 0. The maximum atomic E-state index is 11.6. The summed E-state index contributed by atoms with van der Waals surface area (Å²) in [4.78, 5) is 36.0. The lowest BCUT2D eigenvalue weighted by molar-refractivity contribution is -0.147. The van der Waals surface area contributed by atoms with Crippen molar-refractivity contribution in [3.8, 4) is 0 Å². The number of rotatable bonds is 4. The minimum Gasteiger partial charge on any atom is -0.466 e. The molecule has 0 aromatic carbocycles. The summed E-state index contributed by atoms with van der Waals surface area (Å²) in [5.41, 5.74) is -0.388. The van der Waals surface area contributed by atoms with Crippen molar-refractivity contribution in [2.45, 2.75) is 51.0 Å². The largest absolute Gasteiger partial charge is 0.466 e. The van der Waals surface area contributed by atoms with Crippen LogP contribution in [-0.4, -0.2) is 34.8 Å². The molecule has 17 heavy (non-hydrogen) atoms. The highest BCUT2D eigenvalue weighted by atomic mass is 16.5. The Morgan fingerprint density at radius 2 is 1.88 bits per heavy atom. The van der Waals surface area contributed by atoms with Crippen LogP contribution in [0.4, 0.5) is 0 Å². The lowest BCUT2D eigenvalue weighted by Crippen LogP contribution is -2.42. The zero-order chi connectivity index (χ0) is 12.5. The second-order valence-corrected chi connectivity index (χ2v) is 4.65. The van der Waals surface area contributed by atoms with Crippen molar-refractivity contribution in [1.82, 2.24) is 4.90 Å². The summed E-state index contributed by atoms with van der Waals surface area (Å²) < 4.78 is 4.87. The van der Waals surface area contributed by atoms with E-state index < -0.39 is 0 Å². The van der Waals surface area contributed by atoms with E-state index in [2.05, 4.69) is 0 Å². The first-order chi connectivity index (χ1) is 8.09. The van der Waals surface area contributed by atoms with Crippen molar-refractivity contribution >= 4 is 17.8 Å². The lowest BCUT2D eigenvalue weighted by atomic mass is 9.89. The third-order valence-electron chi connectivity index (χ3n) is 3.68. The number of fused-ring (bicyclic) bond motifs is 1. The summed E-state index contributed by atoms with van der Waals surface area (Å²) in [5.74, 6) is -0.423. The minimum atomic E-state index is -0.388. The normalized spacial score (nSPS) is 21.8. The first kappa shape index (κ1) is 12.1. The summed E-state index contributed by atoms with van der Waals surface area (Å²) in [6, 6.07) is 0. The fourth-order valence-corrected chi connectivity index (χ4v) is 2.85. The van der Waals surface area contributed by atoms with Crippen LogP contribution in [0, 0.1) is 0 Å². The number of amides is 2. The van der Waals surface area contributed by atoms with Gasteiger partial charge in [-0.3, -0.25) is 19.3 Å². The molecule has 0 saturated carbocycles. The Balaban J connectivity index is 2.01. The average molecular weight is 239 g/mol. The quantitative estimate of drug-likeness (QED) is 0.542. The van der Waals surface area contributed by atoms with Gasteiger partial charge in [0, 0.05) is 19.3 Å². The minimum absolute atomic E-state index is 0.0867. The molecule has 2 aliphatic rings. The number of hydrogen-bond donors (Lipinski definition) is 0. The Kier molecular flexibility index (Phi) is 3.17. The van der Waals surface area contributed by atoms with E-state index in [0.717, 1.165) is 0 Å². The molecule has 0 spiro atoms. The van der Waals surface area contributed by atoms with Crippen LogP contribution in [0.1, 0.15) is 45.4 Å². The third-order valence-corrected chi connectivity index (χ3v) is 3.68. The van der Waals surface area contributed by atoms with Gasteiger partial charge in [0.2, 0.25) is 11.8 Å². The highest BCUT2D eigenvalue weighted by Crippen LogP contribution is 2.43. The molecule has 2 heterocycles. The van der Waals surface area contributed by atoms with Crippen molar-refractivity contribution < 1.29 is 19.1 Å². The van der Waals surface area contributed by atoms with E-state index in [1.165, 1.54) is 4.90 Å². The molecule has 0 aromatic heterocycles. The summed E-state index contributed by atoms with van der Waals surface area (Å²) in [6.45, 7) is 2.13. The first-order valence-electron chi connectivity index (χ1n) is 6.10. The molecular weight excluding hydrogens is 222 g/mol. The molecule has 2 aliphatic heterocycles. The smallest absolute Gasteiger partial charge is 0.305 e. The van der Waals surface area contributed by atoms with Gasteiger partial charge in [-0.15, -0.1) is 0 Å². The molecule has 0 unspecified atom stereocenters. The summed E-state index contributed by atoms with van der Waals surface area (Å²) in [7, 11) is 0. The van der Waals surface area contributed by atoms with Crippen molar-refractivity contribution in [2.75, 3.05) is 6.61 Å². The highest BCUT2D eigenvalue weighted by molar-refractivity contribution is 6.00. The predicted octanol–water partition coefficient (Wildman–Crippen LogP) is 1.01. The fourth-order valence-electron chi connectivity index (χ4n) is 2.85. The van der Waals surface area contributed by atoms with E-state index in [9.17, 15) is 14.4 Å². The molecule has 0 aliphatic carbocycles. The second-order valence-electron chi connectivity index (χ2n) is 4.65. The van der Waals surface area contributed by atoms with E-state index in [-0.39, 0.29) is 29.7 Å². The average Bonchev–Trinajstić information content (AvgIpc) is 2.78. The molecule has 0 bridgehead atoms. The highest BCUT2D eigenvalue weighted by Gasteiger charge is 2.52. The Morgan fingerprint density at radius 3 is 2.41 bits per heavy atom. The maximum Gasteiger partial charge on any atom is 0.305 e. The van der Waals surface area contributed by atoms with Crippen LogP contribution in [0.2, 0.25) is 0 Å². The van der Waals surface area contributed by atoms with Gasteiger partial charge in [-0.1, -0.05) is 0 Å². The summed E-state index contributed by atoms with van der Waals surface area (Å²) in [5, 5.41) is 0. The predicted molar refractivity (Wildman–Crippen MR) is 58.9 cm³/mol. The Bertz CT molecular complexity index is 344. The molecule has 0 atom stereocenters. The van der Waals surface area contributed by atoms with Crippen molar-refractivity contribution in [2.24, 2.45) is 0 Å². The number of hydrogen-bond acceptors (Lipinski definition) is 4. The Hall–Kier alpha value is -1.39. The van der Waals surface area contributed by atoms with E-state index in [0.29, 0.717) is 38.7 Å². The second kappa shape index (κ2) is 4.47. The van der Waals surface area contributed by atoms with Crippen LogP contribution in [0.15, 0.2) is 0 Å². The van der Waals surface area contributed by atoms with Crippen LogP contribution in [0.5, 0.6) is 0 Å². The van der Waals surface area contributed by atoms with Crippen molar-refractivity contribution in [3.05, 3.63) is 0 Å². The Morgan fingerprint density at radius 1 is 1.29 bits per heavy atom. The molecule has 0 N–H and O–H groups in total. The van der Waals surface area contributed by atoms with E-state index in [1.807, 2.05) is 0 Å². The van der Waals surface area contributed by atoms with Crippen LogP contribution in [0.25, 0.3) is 0 Å². The number of esters is 1. The van der Waals surface area contributed by atoms with Crippen molar-refractivity contribution in [1.29, 1.82) is 0 Å². The van der Waals surface area contributed by atoms with Gasteiger partial charge in [0.1, 0.15) is 0 Å². The zero-order valence-electron chi connectivity index (χ0n) is 10.0. The summed E-state index contributed by atoms with van der Waals surface area (Å²) in [6.07, 6.45) is 3.06. The van der Waals surface area contributed by atoms with Gasteiger partial charge in [0.15, 0.2) is 0 Å². The lowest BCUT2D eigenvalue weighted by Gasteiger charge is -2.30. The molecule has 0 radical (unpaired) electrons. The Labute approximate surface area is 100 Å². The van der Waals surface area contributed by atoms with Gasteiger partial charge in [0.05, 0.1) is 12.1 Å². The first-order valence-corrected chi connectivity index (χ1v) is 6.10. The van der Waals surface area contributed by atoms with Gasteiger partial charge in [-0.2, -0.15) is 0 Å². The number of nitrogens with zero attached hydrogens (tertiary/aromatic N) is 1. The van der Waals surface area contributed by atoms with Gasteiger partial charge in [0.25, 0.3) is 0 Å².